The number of guanidine groups is 1. The van der Waals surface area contributed by atoms with E-state index in [1.165, 1.54) is 4.90 Å². The fourth-order valence-corrected chi connectivity index (χ4v) is 8.00. The predicted molar refractivity (Wildman–Crippen MR) is 180 cm³/mol. The highest BCUT2D eigenvalue weighted by atomic mass is 16.7. The van der Waals surface area contributed by atoms with Crippen LogP contribution in [0.3, 0.4) is 0 Å². The minimum Gasteiger partial charge on any atom is -0.444 e. The predicted octanol–water partition coefficient (Wildman–Crippen LogP) is 2.94. The summed E-state index contributed by atoms with van der Waals surface area (Å²) in [5.74, 6) is -0.527. The number of amides is 3. The third kappa shape index (κ3) is 8.71. The number of carbonyl (C=O) groups excluding carboxylic acids is 3. The molecule has 5 aliphatic rings. The molecule has 0 aromatic carbocycles. The first-order valence-corrected chi connectivity index (χ1v) is 17.5. The molecule has 3 aliphatic carbocycles. The summed E-state index contributed by atoms with van der Waals surface area (Å²) in [4.78, 5) is 56.9. The minimum atomic E-state index is -0.986. The van der Waals surface area contributed by atoms with Gasteiger partial charge in [0.25, 0.3) is 5.96 Å². The molecule has 0 radical (unpaired) electrons. The van der Waals surface area contributed by atoms with E-state index >= 15 is 0 Å². The van der Waals surface area contributed by atoms with E-state index in [2.05, 4.69) is 50.2 Å². The van der Waals surface area contributed by atoms with Gasteiger partial charge < -0.3 is 30.4 Å². The van der Waals surface area contributed by atoms with Crippen LogP contribution in [0.1, 0.15) is 107 Å². The van der Waals surface area contributed by atoms with Crippen LogP contribution in [0.15, 0.2) is 4.99 Å². The molecule has 3 amide bonds. The van der Waals surface area contributed by atoms with Gasteiger partial charge in [0.2, 0.25) is 11.8 Å². The molecule has 2 heterocycles. The van der Waals surface area contributed by atoms with Gasteiger partial charge in [-0.15, -0.1) is 0 Å². The van der Waals surface area contributed by atoms with Gasteiger partial charge in [-0.2, -0.15) is 0 Å². The molecule has 5 rings (SSSR count). The SMILES string of the molecule is CC(C)C[C@H](NC(=O)[C@H](CCCN=C(N)N[N+](=O)[O-])NC(=O)[C@H]1CCCCN1C(=O)OC(C)(C)C)B1O[C@@H]2C[C@@H]3C[C@@H](C3(C)C)[C@]2(C)O1. The maximum atomic E-state index is 14.1. The van der Waals surface area contributed by atoms with Crippen molar-refractivity contribution in [2.24, 2.45) is 33.9 Å². The Bertz CT molecular complexity index is 1240. The molecular formula is C32H56BN7O8. The second-order valence-corrected chi connectivity index (χ2v) is 16.1. The molecular weight excluding hydrogens is 621 g/mol. The third-order valence-electron chi connectivity index (χ3n) is 10.6. The molecule has 2 saturated heterocycles. The highest BCUT2D eigenvalue weighted by molar-refractivity contribution is 6.48. The number of ether oxygens (including phenoxy) is 1. The fourth-order valence-electron chi connectivity index (χ4n) is 8.00. The maximum Gasteiger partial charge on any atom is 0.481 e. The summed E-state index contributed by atoms with van der Waals surface area (Å²) in [6.45, 7) is 16.6. The molecule has 0 unspecified atom stereocenters. The lowest BCUT2D eigenvalue weighted by atomic mass is 9.43. The molecule has 0 aromatic rings. The maximum absolute atomic E-state index is 14.1. The van der Waals surface area contributed by atoms with Gasteiger partial charge in [-0.25, -0.2) is 19.9 Å². The van der Waals surface area contributed by atoms with E-state index in [0.29, 0.717) is 37.6 Å². The lowest BCUT2D eigenvalue weighted by molar-refractivity contribution is -0.525. The number of nitrogens with zero attached hydrogens (tertiary/aromatic N) is 3. The van der Waals surface area contributed by atoms with Crippen LogP contribution in [0.5, 0.6) is 0 Å². The van der Waals surface area contributed by atoms with Crippen molar-refractivity contribution in [3.8, 4) is 0 Å². The van der Waals surface area contributed by atoms with Gasteiger partial charge in [-0.3, -0.25) is 14.5 Å². The van der Waals surface area contributed by atoms with Crippen molar-refractivity contribution in [2.45, 2.75) is 142 Å². The number of nitrogens with two attached hydrogens (primary N) is 1. The molecule has 5 N–H and O–H groups in total. The number of carbonyl (C=O) groups is 3. The van der Waals surface area contributed by atoms with Gasteiger partial charge in [0.15, 0.2) is 5.03 Å². The van der Waals surface area contributed by atoms with Crippen molar-refractivity contribution >= 4 is 31.0 Å². The van der Waals surface area contributed by atoms with Crippen LogP contribution in [-0.2, 0) is 23.6 Å². The number of aliphatic imine (C=N–C) groups is 1. The van der Waals surface area contributed by atoms with Crippen LogP contribution in [0.2, 0.25) is 0 Å². The van der Waals surface area contributed by atoms with Gasteiger partial charge in [0, 0.05) is 13.1 Å². The molecule has 0 aromatic heterocycles. The van der Waals surface area contributed by atoms with Gasteiger partial charge >= 0.3 is 13.2 Å². The van der Waals surface area contributed by atoms with Crippen molar-refractivity contribution in [2.75, 3.05) is 13.1 Å². The van der Waals surface area contributed by atoms with Crippen LogP contribution < -0.4 is 21.8 Å². The number of piperidine rings is 1. The Hall–Kier alpha value is -3.14. The number of likely N-dealkylation sites (tertiary alicyclic amines) is 1. The van der Waals surface area contributed by atoms with E-state index in [1.807, 2.05) is 0 Å². The van der Waals surface area contributed by atoms with Crippen LogP contribution >= 0.6 is 0 Å². The standard InChI is InChI=1S/C32H56BN7O8/c1-19(2)16-25(33-47-24-18-20-17-23(31(20,6)7)32(24,8)48-33)37-26(41)21(12-11-14-35-28(34)38-40(44)45)36-27(42)22-13-9-10-15-39(22)29(43)46-30(3,4)5/h19-25H,9-18H2,1-8H3,(H,36,42)(H,37,41)(H3,34,35,38)/t20-,21-,22+,23-,24+,25-,32-/m0/s1. The highest BCUT2D eigenvalue weighted by Crippen LogP contribution is 2.65. The Morgan fingerprint density at radius 1 is 1.17 bits per heavy atom. The zero-order chi connectivity index (χ0) is 35.6. The van der Waals surface area contributed by atoms with Gasteiger partial charge in [0.05, 0.1) is 17.6 Å². The van der Waals surface area contributed by atoms with E-state index in [4.69, 9.17) is 19.8 Å². The van der Waals surface area contributed by atoms with E-state index < -0.39 is 59.3 Å². The summed E-state index contributed by atoms with van der Waals surface area (Å²) in [6, 6.07) is -1.78. The van der Waals surface area contributed by atoms with E-state index in [-0.39, 0.29) is 36.4 Å². The molecule has 0 spiro atoms. The van der Waals surface area contributed by atoms with Crippen LogP contribution in [0.4, 0.5) is 4.79 Å². The summed E-state index contributed by atoms with van der Waals surface area (Å²) in [6.07, 6.45) is 4.38. The molecule has 5 fully saturated rings. The Morgan fingerprint density at radius 3 is 2.50 bits per heavy atom. The summed E-state index contributed by atoms with van der Waals surface area (Å²) >= 11 is 0. The number of nitrogens with one attached hydrogen (secondary N) is 3. The first-order chi connectivity index (χ1) is 22.3. The summed E-state index contributed by atoms with van der Waals surface area (Å²) in [7, 11) is -0.642. The second-order valence-electron chi connectivity index (χ2n) is 16.1. The monoisotopic (exact) mass is 677 g/mol. The molecule has 2 aliphatic heterocycles. The number of hydrogen-bond donors (Lipinski definition) is 4. The smallest absolute Gasteiger partial charge is 0.444 e. The van der Waals surface area contributed by atoms with Crippen LogP contribution in [0, 0.1) is 33.3 Å². The number of rotatable bonds is 12. The molecule has 15 nitrogen and oxygen atoms in total. The van der Waals surface area contributed by atoms with Gasteiger partial charge in [0.1, 0.15) is 17.7 Å². The highest BCUT2D eigenvalue weighted by Gasteiger charge is 2.68. The topological polar surface area (TPSA) is 200 Å². The minimum absolute atomic E-state index is 0.0532. The van der Waals surface area contributed by atoms with E-state index in [1.54, 1.807) is 26.2 Å². The van der Waals surface area contributed by atoms with Crippen LogP contribution in [-0.4, -0.2) is 89.3 Å². The summed E-state index contributed by atoms with van der Waals surface area (Å²) < 4.78 is 18.8. The Kier molecular flexibility index (Phi) is 11.6. The zero-order valence-corrected chi connectivity index (χ0v) is 29.9. The van der Waals surface area contributed by atoms with Gasteiger partial charge in [-0.1, -0.05) is 33.1 Å². The second kappa shape index (κ2) is 14.8. The average Bonchev–Trinajstić information content (AvgIpc) is 3.34. The normalized spacial score (nSPS) is 29.3. The quantitative estimate of drug-likeness (QED) is 0.0595. The Labute approximate surface area is 284 Å². The summed E-state index contributed by atoms with van der Waals surface area (Å²) in [5, 5.41) is 15.9. The Balaban J connectivity index is 1.50. The van der Waals surface area contributed by atoms with Crippen molar-refractivity contribution in [3.05, 3.63) is 10.1 Å². The largest absolute Gasteiger partial charge is 0.481 e. The molecule has 48 heavy (non-hydrogen) atoms. The van der Waals surface area contributed by atoms with E-state index in [9.17, 15) is 24.5 Å². The van der Waals surface area contributed by atoms with Crippen molar-refractivity contribution in [1.29, 1.82) is 0 Å². The zero-order valence-electron chi connectivity index (χ0n) is 29.9. The molecule has 16 heteroatoms. The van der Waals surface area contributed by atoms with Crippen molar-refractivity contribution in [3.63, 3.8) is 0 Å². The van der Waals surface area contributed by atoms with E-state index in [0.717, 1.165) is 25.7 Å². The first-order valence-electron chi connectivity index (χ1n) is 17.5. The number of hydrazine groups is 1. The van der Waals surface area contributed by atoms with Crippen molar-refractivity contribution < 1.29 is 33.5 Å². The summed E-state index contributed by atoms with van der Waals surface area (Å²) in [5.41, 5.74) is 6.35. The third-order valence-corrected chi connectivity index (χ3v) is 10.6. The molecule has 270 valence electrons. The van der Waals surface area contributed by atoms with Crippen LogP contribution in [0.25, 0.3) is 0 Å². The van der Waals surface area contributed by atoms with Crippen molar-refractivity contribution in [1.82, 2.24) is 21.0 Å². The number of hydrogen-bond acceptors (Lipinski definition) is 9. The fraction of sp³-hybridized carbons (Fsp3) is 0.875. The lowest BCUT2D eigenvalue weighted by Crippen LogP contribution is -2.65. The molecule has 2 bridgehead atoms. The lowest BCUT2D eigenvalue weighted by Gasteiger charge is -2.64. The first kappa shape index (κ1) is 37.7. The van der Waals surface area contributed by atoms with Gasteiger partial charge in [-0.05, 0) is 102 Å². The molecule has 3 saturated carbocycles. The average molecular weight is 678 g/mol. The molecule has 7 atom stereocenters. The number of nitro groups is 1. The Morgan fingerprint density at radius 2 is 1.88 bits per heavy atom.